The second-order valence-corrected chi connectivity index (χ2v) is 8.26. The van der Waals surface area contributed by atoms with E-state index in [-0.39, 0.29) is 5.92 Å². The second kappa shape index (κ2) is 6.75. The van der Waals surface area contributed by atoms with Gasteiger partial charge in [-0.2, -0.15) is 5.26 Å². The van der Waals surface area contributed by atoms with E-state index in [1.54, 1.807) is 7.11 Å². The van der Waals surface area contributed by atoms with Crippen molar-refractivity contribution >= 4 is 11.8 Å². The first-order valence-corrected chi connectivity index (χ1v) is 8.52. The van der Waals surface area contributed by atoms with E-state index in [1.165, 1.54) is 11.3 Å². The molecule has 1 aromatic carbocycles. The van der Waals surface area contributed by atoms with Gasteiger partial charge in [0.05, 0.1) is 19.1 Å². The minimum Gasteiger partial charge on any atom is -0.497 e. The molecule has 1 aliphatic carbocycles. The molecular weight excluding hydrogens is 278 g/mol. The van der Waals surface area contributed by atoms with Gasteiger partial charge in [0.25, 0.3) is 0 Å². The number of nitriles is 1. The maximum Gasteiger partial charge on any atom is 0.119 e. The van der Waals surface area contributed by atoms with Gasteiger partial charge in [-0.25, -0.2) is 0 Å². The number of hydrogen-bond acceptors (Lipinski definition) is 3. The lowest BCUT2D eigenvalue weighted by molar-refractivity contribution is 0.169. The summed E-state index contributed by atoms with van der Waals surface area (Å²) in [7, 11) is 1.69. The molecule has 0 radical (unpaired) electrons. The molecular formula is C18H25NOS. The summed E-state index contributed by atoms with van der Waals surface area (Å²) in [5.41, 5.74) is 0.327. The van der Waals surface area contributed by atoms with Gasteiger partial charge in [0.1, 0.15) is 5.75 Å². The average molecular weight is 303 g/mol. The fraction of sp³-hybridized carbons (Fsp3) is 0.611. The molecule has 1 aromatic rings. The first-order valence-electron chi connectivity index (χ1n) is 7.64. The Morgan fingerprint density at radius 3 is 2.67 bits per heavy atom. The quantitative estimate of drug-likeness (QED) is 0.775. The molecule has 0 saturated heterocycles. The smallest absolute Gasteiger partial charge is 0.119 e. The fourth-order valence-corrected chi connectivity index (χ4v) is 4.42. The molecule has 2 rings (SSSR count). The third-order valence-electron chi connectivity index (χ3n) is 4.51. The predicted molar refractivity (Wildman–Crippen MR) is 88.5 cm³/mol. The molecule has 3 heteroatoms. The molecule has 0 aliphatic heterocycles. The van der Waals surface area contributed by atoms with Crippen LogP contribution in [0.5, 0.6) is 5.75 Å². The first kappa shape index (κ1) is 16.2. The number of rotatable bonds is 3. The molecule has 0 aromatic heterocycles. The topological polar surface area (TPSA) is 33.0 Å². The lowest BCUT2D eigenvalue weighted by Gasteiger charge is -2.39. The van der Waals surface area contributed by atoms with Crippen molar-refractivity contribution in [1.82, 2.24) is 0 Å². The van der Waals surface area contributed by atoms with Gasteiger partial charge in [-0.1, -0.05) is 26.8 Å². The van der Waals surface area contributed by atoms with Crippen LogP contribution >= 0.6 is 11.8 Å². The monoisotopic (exact) mass is 303 g/mol. The zero-order valence-corrected chi connectivity index (χ0v) is 14.2. The zero-order chi connectivity index (χ0) is 15.5. The standard InChI is InChI=1S/C18H25NOS/c1-18(2,3)14-9-8-13(12-19)17(10-14)21-16-7-5-6-15(11-16)20-4/h5-7,11,13-14,17H,8-10H2,1-4H3. The molecule has 21 heavy (non-hydrogen) atoms. The summed E-state index contributed by atoms with van der Waals surface area (Å²) in [4.78, 5) is 1.20. The van der Waals surface area contributed by atoms with Gasteiger partial charge in [-0.05, 0) is 48.8 Å². The highest BCUT2D eigenvalue weighted by Gasteiger charge is 2.36. The van der Waals surface area contributed by atoms with Gasteiger partial charge >= 0.3 is 0 Å². The van der Waals surface area contributed by atoms with Gasteiger partial charge in [-0.3, -0.25) is 0 Å². The van der Waals surface area contributed by atoms with Crippen LogP contribution in [0.15, 0.2) is 29.2 Å². The Morgan fingerprint density at radius 1 is 1.29 bits per heavy atom. The van der Waals surface area contributed by atoms with Gasteiger partial charge in [0, 0.05) is 10.1 Å². The molecule has 0 heterocycles. The number of nitrogens with zero attached hydrogens (tertiary/aromatic N) is 1. The molecule has 0 N–H and O–H groups in total. The molecule has 0 bridgehead atoms. The Hall–Kier alpha value is -1.14. The van der Waals surface area contributed by atoms with Crippen molar-refractivity contribution < 1.29 is 4.74 Å². The fourth-order valence-electron chi connectivity index (χ4n) is 3.04. The third-order valence-corrected chi connectivity index (χ3v) is 5.86. The van der Waals surface area contributed by atoms with Gasteiger partial charge in [-0.15, -0.1) is 11.8 Å². The maximum atomic E-state index is 9.44. The number of benzene rings is 1. The second-order valence-electron chi connectivity index (χ2n) is 6.95. The molecule has 1 saturated carbocycles. The predicted octanol–water partition coefficient (Wildman–Crippen LogP) is 5.14. The van der Waals surface area contributed by atoms with E-state index in [4.69, 9.17) is 4.74 Å². The number of methoxy groups -OCH3 is 1. The molecule has 114 valence electrons. The van der Waals surface area contributed by atoms with Crippen LogP contribution in [0.1, 0.15) is 40.0 Å². The Kier molecular flexibility index (Phi) is 5.22. The van der Waals surface area contributed by atoms with E-state index in [0.717, 1.165) is 18.6 Å². The summed E-state index contributed by atoms with van der Waals surface area (Å²) in [6, 6.07) is 10.7. The van der Waals surface area contributed by atoms with Crippen molar-refractivity contribution in [1.29, 1.82) is 5.26 Å². The van der Waals surface area contributed by atoms with Crippen LogP contribution in [0.4, 0.5) is 0 Å². The largest absolute Gasteiger partial charge is 0.497 e. The van der Waals surface area contributed by atoms with Crippen LogP contribution in [0.3, 0.4) is 0 Å². The summed E-state index contributed by atoms with van der Waals surface area (Å²) in [6.07, 6.45) is 3.33. The molecule has 1 aliphatic rings. The van der Waals surface area contributed by atoms with Gasteiger partial charge in [0.15, 0.2) is 0 Å². The number of ether oxygens (including phenoxy) is 1. The summed E-state index contributed by atoms with van der Waals surface area (Å²) < 4.78 is 5.29. The summed E-state index contributed by atoms with van der Waals surface area (Å²) >= 11 is 1.84. The Labute approximate surface area is 132 Å². The Balaban J connectivity index is 2.12. The molecule has 3 unspecified atom stereocenters. The van der Waals surface area contributed by atoms with Crippen molar-refractivity contribution in [2.45, 2.75) is 50.2 Å². The van der Waals surface area contributed by atoms with Crippen molar-refractivity contribution in [3.05, 3.63) is 24.3 Å². The molecule has 3 atom stereocenters. The highest BCUT2D eigenvalue weighted by Crippen LogP contribution is 2.45. The van der Waals surface area contributed by atoms with Crippen molar-refractivity contribution in [2.24, 2.45) is 17.3 Å². The third kappa shape index (κ3) is 4.17. The lowest BCUT2D eigenvalue weighted by Crippen LogP contribution is -2.32. The molecule has 1 fully saturated rings. The van der Waals surface area contributed by atoms with E-state index in [1.807, 2.05) is 23.9 Å². The highest BCUT2D eigenvalue weighted by molar-refractivity contribution is 8.00. The van der Waals surface area contributed by atoms with Gasteiger partial charge < -0.3 is 4.74 Å². The van der Waals surface area contributed by atoms with E-state index >= 15 is 0 Å². The van der Waals surface area contributed by atoms with Crippen molar-refractivity contribution in [2.75, 3.05) is 7.11 Å². The van der Waals surface area contributed by atoms with Crippen LogP contribution in [-0.2, 0) is 0 Å². The summed E-state index contributed by atoms with van der Waals surface area (Å²) in [5, 5.41) is 9.83. The normalized spacial score (nSPS) is 26.1. The van der Waals surface area contributed by atoms with E-state index in [0.29, 0.717) is 16.6 Å². The molecule has 0 amide bonds. The maximum absolute atomic E-state index is 9.44. The van der Waals surface area contributed by atoms with Crippen LogP contribution < -0.4 is 4.74 Å². The minimum atomic E-state index is 0.166. The van der Waals surface area contributed by atoms with Gasteiger partial charge in [0.2, 0.25) is 0 Å². The highest BCUT2D eigenvalue weighted by atomic mass is 32.2. The molecule has 0 spiro atoms. The SMILES string of the molecule is COc1cccc(SC2CC(C(C)(C)C)CCC2C#N)c1. The molecule has 2 nitrogen and oxygen atoms in total. The van der Waals surface area contributed by atoms with Crippen LogP contribution in [0.2, 0.25) is 0 Å². The van der Waals surface area contributed by atoms with Crippen LogP contribution in [-0.4, -0.2) is 12.4 Å². The Morgan fingerprint density at radius 2 is 2.05 bits per heavy atom. The summed E-state index contributed by atoms with van der Waals surface area (Å²) in [6.45, 7) is 6.95. The van der Waals surface area contributed by atoms with E-state index in [2.05, 4.69) is 39.0 Å². The Bertz CT molecular complexity index is 515. The van der Waals surface area contributed by atoms with Crippen LogP contribution in [0.25, 0.3) is 0 Å². The lowest BCUT2D eigenvalue weighted by atomic mass is 9.70. The summed E-state index contributed by atoms with van der Waals surface area (Å²) in [5.74, 6) is 1.75. The van der Waals surface area contributed by atoms with Crippen molar-refractivity contribution in [3.63, 3.8) is 0 Å². The van der Waals surface area contributed by atoms with E-state index in [9.17, 15) is 5.26 Å². The number of hydrogen-bond donors (Lipinski definition) is 0. The zero-order valence-electron chi connectivity index (χ0n) is 13.4. The average Bonchev–Trinajstić information content (AvgIpc) is 2.46. The minimum absolute atomic E-state index is 0.166. The first-order chi connectivity index (χ1) is 9.94. The van der Waals surface area contributed by atoms with E-state index < -0.39 is 0 Å². The van der Waals surface area contributed by atoms with Crippen LogP contribution in [0, 0.1) is 28.6 Å². The van der Waals surface area contributed by atoms with Crippen molar-refractivity contribution in [3.8, 4) is 11.8 Å². The number of thioether (sulfide) groups is 1.